The van der Waals surface area contributed by atoms with E-state index in [1.165, 1.54) is 6.26 Å². The maximum absolute atomic E-state index is 12.5. The Morgan fingerprint density at radius 2 is 1.47 bits per heavy atom. The molecule has 0 unspecified atom stereocenters. The van der Waals surface area contributed by atoms with Crippen LogP contribution in [0.2, 0.25) is 0 Å². The van der Waals surface area contributed by atoms with Crippen molar-refractivity contribution in [1.82, 2.24) is 5.16 Å². The number of ether oxygens (including phenoxy) is 1. The van der Waals surface area contributed by atoms with Gasteiger partial charge in [-0.2, -0.15) is 0 Å². The summed E-state index contributed by atoms with van der Waals surface area (Å²) < 4.78 is 34.3. The lowest BCUT2D eigenvalue weighted by Gasteiger charge is -2.14. The molecule has 8 heteroatoms. The molecule has 0 spiro atoms. The SMILES string of the molecule is Cc1noc(-c2ccc(-c3ccc(S(C)(=O)=O)cc3)cc2)c1NC(=O)O[C@H](C)c1ccccc1. The van der Waals surface area contributed by atoms with Crippen LogP contribution < -0.4 is 5.32 Å². The summed E-state index contributed by atoms with van der Waals surface area (Å²) in [5.41, 5.74) is 4.37. The van der Waals surface area contributed by atoms with Crippen LogP contribution in [0.1, 0.15) is 24.3 Å². The number of hydrogen-bond acceptors (Lipinski definition) is 6. The molecule has 1 amide bonds. The predicted octanol–water partition coefficient (Wildman–Crippen LogP) is 6.03. The number of carbonyl (C=O) groups excluding carboxylic acids is 1. The average Bonchev–Trinajstić information content (AvgIpc) is 3.19. The Bertz CT molecular complexity index is 1390. The Labute approximate surface area is 198 Å². The molecule has 174 valence electrons. The first-order valence-electron chi connectivity index (χ1n) is 10.6. The van der Waals surface area contributed by atoms with Gasteiger partial charge in [0.2, 0.25) is 0 Å². The number of benzene rings is 3. The average molecular weight is 477 g/mol. The van der Waals surface area contributed by atoms with Gasteiger partial charge in [-0.25, -0.2) is 13.2 Å². The number of amides is 1. The van der Waals surface area contributed by atoms with Gasteiger partial charge >= 0.3 is 6.09 Å². The molecule has 0 aliphatic rings. The van der Waals surface area contributed by atoms with Gasteiger partial charge in [0, 0.05) is 11.8 Å². The summed E-state index contributed by atoms with van der Waals surface area (Å²) in [5, 5.41) is 6.74. The van der Waals surface area contributed by atoms with Gasteiger partial charge in [-0.15, -0.1) is 0 Å². The molecule has 34 heavy (non-hydrogen) atoms. The third-order valence-electron chi connectivity index (χ3n) is 5.41. The number of sulfone groups is 1. The lowest BCUT2D eigenvalue weighted by Crippen LogP contribution is -2.16. The molecule has 0 saturated heterocycles. The number of carbonyl (C=O) groups is 1. The molecule has 1 aromatic heterocycles. The summed E-state index contributed by atoms with van der Waals surface area (Å²) in [6.07, 6.45) is 0.157. The minimum Gasteiger partial charge on any atom is -0.441 e. The molecule has 4 aromatic rings. The van der Waals surface area contributed by atoms with Crippen LogP contribution in [0.15, 0.2) is 88.3 Å². The second-order valence-corrected chi connectivity index (χ2v) is 9.94. The van der Waals surface area contributed by atoms with Crippen molar-refractivity contribution in [2.75, 3.05) is 11.6 Å². The van der Waals surface area contributed by atoms with Crippen molar-refractivity contribution in [2.45, 2.75) is 24.8 Å². The Morgan fingerprint density at radius 3 is 2.06 bits per heavy atom. The third-order valence-corrected chi connectivity index (χ3v) is 6.53. The van der Waals surface area contributed by atoms with Crippen LogP contribution in [0.5, 0.6) is 0 Å². The molecule has 7 nitrogen and oxygen atoms in total. The highest BCUT2D eigenvalue weighted by molar-refractivity contribution is 7.90. The molecule has 4 rings (SSSR count). The van der Waals surface area contributed by atoms with E-state index in [-0.39, 0.29) is 4.90 Å². The molecule has 0 saturated carbocycles. The summed E-state index contributed by atoms with van der Waals surface area (Å²) >= 11 is 0. The molecule has 1 heterocycles. The minimum absolute atomic E-state index is 0.272. The number of aryl methyl sites for hydroxylation is 1. The van der Waals surface area contributed by atoms with E-state index in [0.717, 1.165) is 22.3 Å². The fraction of sp³-hybridized carbons (Fsp3) is 0.154. The molecular weight excluding hydrogens is 452 g/mol. The Hall–Kier alpha value is -3.91. The summed E-state index contributed by atoms with van der Waals surface area (Å²) in [6.45, 7) is 3.54. The monoisotopic (exact) mass is 476 g/mol. The molecule has 1 N–H and O–H groups in total. The summed E-state index contributed by atoms with van der Waals surface area (Å²) in [5.74, 6) is 0.417. The number of hydrogen-bond donors (Lipinski definition) is 1. The van der Waals surface area contributed by atoms with Crippen molar-refractivity contribution < 1.29 is 22.5 Å². The maximum atomic E-state index is 12.5. The smallest absolute Gasteiger partial charge is 0.412 e. The molecule has 0 aliphatic heterocycles. The van der Waals surface area contributed by atoms with Crippen LogP contribution in [-0.2, 0) is 14.6 Å². The van der Waals surface area contributed by atoms with Crippen LogP contribution in [-0.4, -0.2) is 25.9 Å². The number of nitrogens with zero attached hydrogens (tertiary/aromatic N) is 1. The van der Waals surface area contributed by atoms with Crippen molar-refractivity contribution in [3.8, 4) is 22.5 Å². The zero-order valence-corrected chi connectivity index (χ0v) is 19.8. The lowest BCUT2D eigenvalue weighted by atomic mass is 10.0. The van der Waals surface area contributed by atoms with Crippen LogP contribution in [0.25, 0.3) is 22.5 Å². The second kappa shape index (κ2) is 9.52. The van der Waals surface area contributed by atoms with Gasteiger partial charge in [-0.05, 0) is 42.7 Å². The number of rotatable bonds is 6. The molecular formula is C26H24N2O5S. The number of aromatic nitrogens is 1. The topological polar surface area (TPSA) is 98.5 Å². The number of anilines is 1. The molecule has 0 bridgehead atoms. The Kier molecular flexibility index (Phi) is 6.51. The van der Waals surface area contributed by atoms with Gasteiger partial charge in [-0.3, -0.25) is 5.32 Å². The van der Waals surface area contributed by atoms with Crippen molar-refractivity contribution in [2.24, 2.45) is 0 Å². The Balaban J connectivity index is 1.51. The fourth-order valence-electron chi connectivity index (χ4n) is 3.51. The van der Waals surface area contributed by atoms with Crippen LogP contribution >= 0.6 is 0 Å². The largest absolute Gasteiger partial charge is 0.441 e. The highest BCUT2D eigenvalue weighted by atomic mass is 32.2. The lowest BCUT2D eigenvalue weighted by molar-refractivity contribution is 0.121. The Morgan fingerprint density at radius 1 is 0.912 bits per heavy atom. The first-order valence-corrected chi connectivity index (χ1v) is 12.5. The van der Waals surface area contributed by atoms with Crippen LogP contribution in [0.3, 0.4) is 0 Å². The fourth-order valence-corrected chi connectivity index (χ4v) is 4.14. The van der Waals surface area contributed by atoms with E-state index in [2.05, 4.69) is 10.5 Å². The molecule has 1 atom stereocenters. The summed E-state index contributed by atoms with van der Waals surface area (Å²) in [4.78, 5) is 12.8. The maximum Gasteiger partial charge on any atom is 0.412 e. The first-order chi connectivity index (χ1) is 16.2. The zero-order chi connectivity index (χ0) is 24.3. The van der Waals surface area contributed by atoms with Crippen molar-refractivity contribution in [3.63, 3.8) is 0 Å². The standard InChI is InChI=1S/C26H24N2O5S/c1-17-24(27-26(29)32-18(2)19-7-5-4-6-8-19)25(33-28-17)22-11-9-20(10-12-22)21-13-15-23(16-14-21)34(3,30)31/h4-16,18H,1-3H3,(H,27,29)/t18-/m1/s1. The highest BCUT2D eigenvalue weighted by Gasteiger charge is 2.20. The van der Waals surface area contributed by atoms with E-state index < -0.39 is 22.0 Å². The summed E-state index contributed by atoms with van der Waals surface area (Å²) in [6, 6.07) is 23.6. The quantitative estimate of drug-likeness (QED) is 0.365. The highest BCUT2D eigenvalue weighted by Crippen LogP contribution is 2.33. The van der Waals surface area contributed by atoms with E-state index in [9.17, 15) is 13.2 Å². The van der Waals surface area contributed by atoms with E-state index in [1.54, 1.807) is 38.1 Å². The van der Waals surface area contributed by atoms with E-state index >= 15 is 0 Å². The summed E-state index contributed by atoms with van der Waals surface area (Å²) in [7, 11) is -3.24. The van der Waals surface area contributed by atoms with Crippen molar-refractivity contribution in [1.29, 1.82) is 0 Å². The first kappa shape index (κ1) is 23.3. The van der Waals surface area contributed by atoms with Gasteiger partial charge in [0.15, 0.2) is 15.6 Å². The number of nitrogens with one attached hydrogen (secondary N) is 1. The van der Waals surface area contributed by atoms with E-state index in [4.69, 9.17) is 9.26 Å². The third kappa shape index (κ3) is 5.18. The van der Waals surface area contributed by atoms with Gasteiger partial charge in [0.1, 0.15) is 17.5 Å². The van der Waals surface area contributed by atoms with Gasteiger partial charge in [0.25, 0.3) is 0 Å². The molecule has 0 aliphatic carbocycles. The van der Waals surface area contributed by atoms with Crippen molar-refractivity contribution in [3.05, 3.63) is 90.1 Å². The van der Waals surface area contributed by atoms with Crippen LogP contribution in [0.4, 0.5) is 10.5 Å². The molecule has 3 aromatic carbocycles. The normalized spacial score (nSPS) is 12.2. The molecule has 0 fully saturated rings. The van der Waals surface area contributed by atoms with Gasteiger partial charge in [-0.1, -0.05) is 71.9 Å². The van der Waals surface area contributed by atoms with Crippen LogP contribution in [0, 0.1) is 6.92 Å². The zero-order valence-electron chi connectivity index (χ0n) is 19.0. The van der Waals surface area contributed by atoms with E-state index in [1.807, 2.05) is 54.6 Å². The van der Waals surface area contributed by atoms with E-state index in [0.29, 0.717) is 17.1 Å². The van der Waals surface area contributed by atoms with Gasteiger partial charge in [0.05, 0.1) is 4.90 Å². The predicted molar refractivity (Wildman–Crippen MR) is 130 cm³/mol. The minimum atomic E-state index is -3.24. The molecule has 0 radical (unpaired) electrons. The van der Waals surface area contributed by atoms with Gasteiger partial charge < -0.3 is 9.26 Å². The van der Waals surface area contributed by atoms with Crippen molar-refractivity contribution >= 4 is 21.6 Å². The second-order valence-electron chi connectivity index (χ2n) is 7.93.